The van der Waals surface area contributed by atoms with Gasteiger partial charge in [-0.1, -0.05) is 24.3 Å². The summed E-state index contributed by atoms with van der Waals surface area (Å²) in [6.07, 6.45) is 5.11. The number of para-hydroxylation sites is 1. The number of fused-ring (bicyclic) bond motifs is 1. The minimum Gasteiger partial charge on any atom is -0.493 e. The molecule has 4 heteroatoms. The summed E-state index contributed by atoms with van der Waals surface area (Å²) in [5.74, 6) is 1.40. The van der Waals surface area contributed by atoms with Crippen LogP contribution in [0.15, 0.2) is 35.9 Å². The van der Waals surface area contributed by atoms with Gasteiger partial charge in [0.05, 0.1) is 13.7 Å². The van der Waals surface area contributed by atoms with Gasteiger partial charge in [-0.25, -0.2) is 4.79 Å². The Kier molecular flexibility index (Phi) is 4.78. The Labute approximate surface area is 131 Å². The molecule has 4 nitrogen and oxygen atoms in total. The van der Waals surface area contributed by atoms with E-state index in [4.69, 9.17) is 9.47 Å². The zero-order chi connectivity index (χ0) is 15.4. The van der Waals surface area contributed by atoms with E-state index in [-0.39, 0.29) is 5.97 Å². The number of methoxy groups -OCH3 is 1. The highest BCUT2D eigenvalue weighted by Crippen LogP contribution is 2.28. The van der Waals surface area contributed by atoms with Crippen molar-refractivity contribution >= 4 is 5.97 Å². The van der Waals surface area contributed by atoms with Crippen LogP contribution in [0.2, 0.25) is 0 Å². The Morgan fingerprint density at radius 3 is 3.14 bits per heavy atom. The third-order valence-electron chi connectivity index (χ3n) is 4.49. The lowest BCUT2D eigenvalue weighted by molar-refractivity contribution is -0.136. The van der Waals surface area contributed by atoms with E-state index in [0.29, 0.717) is 12.5 Å². The molecule has 1 atom stereocenters. The molecule has 3 rings (SSSR count). The van der Waals surface area contributed by atoms with Crippen LogP contribution in [0.1, 0.15) is 18.4 Å². The lowest BCUT2D eigenvalue weighted by Crippen LogP contribution is -2.35. The normalized spacial score (nSPS) is 21.5. The number of esters is 1. The van der Waals surface area contributed by atoms with Gasteiger partial charge in [0.15, 0.2) is 0 Å². The number of benzene rings is 1. The van der Waals surface area contributed by atoms with Gasteiger partial charge in [-0.15, -0.1) is 0 Å². The van der Waals surface area contributed by atoms with Gasteiger partial charge < -0.3 is 9.47 Å². The molecule has 22 heavy (non-hydrogen) atoms. The number of nitrogens with zero attached hydrogens (tertiary/aromatic N) is 1. The van der Waals surface area contributed by atoms with Gasteiger partial charge in [-0.05, 0) is 43.4 Å². The monoisotopic (exact) mass is 301 g/mol. The predicted molar refractivity (Wildman–Crippen MR) is 84.9 cm³/mol. The second kappa shape index (κ2) is 6.97. The van der Waals surface area contributed by atoms with Crippen LogP contribution in [0, 0.1) is 5.92 Å². The van der Waals surface area contributed by atoms with E-state index in [1.807, 2.05) is 18.2 Å². The van der Waals surface area contributed by atoms with Crippen LogP contribution in [0.3, 0.4) is 0 Å². The number of hydrogen-bond acceptors (Lipinski definition) is 4. The first-order valence-electron chi connectivity index (χ1n) is 7.96. The molecule has 2 aliphatic heterocycles. The molecular formula is C18H23NO3. The average molecular weight is 301 g/mol. The largest absolute Gasteiger partial charge is 0.493 e. The van der Waals surface area contributed by atoms with Crippen LogP contribution in [-0.4, -0.2) is 44.2 Å². The molecule has 0 N–H and O–H groups in total. The highest BCUT2D eigenvalue weighted by Gasteiger charge is 2.22. The molecule has 1 aromatic rings. The summed E-state index contributed by atoms with van der Waals surface area (Å²) in [5, 5.41) is 0. The molecule has 118 valence electrons. The second-order valence-corrected chi connectivity index (χ2v) is 6.06. The van der Waals surface area contributed by atoms with E-state index in [9.17, 15) is 4.79 Å². The topological polar surface area (TPSA) is 38.8 Å². The average Bonchev–Trinajstić information content (AvgIpc) is 2.59. The van der Waals surface area contributed by atoms with Crippen molar-refractivity contribution in [3.63, 3.8) is 0 Å². The van der Waals surface area contributed by atoms with E-state index in [0.717, 1.165) is 50.3 Å². The van der Waals surface area contributed by atoms with Crippen molar-refractivity contribution in [2.75, 3.05) is 33.4 Å². The molecule has 0 saturated heterocycles. The Morgan fingerprint density at radius 1 is 1.41 bits per heavy atom. The van der Waals surface area contributed by atoms with Gasteiger partial charge >= 0.3 is 5.97 Å². The van der Waals surface area contributed by atoms with Gasteiger partial charge in [-0.2, -0.15) is 0 Å². The number of carbonyl (C=O) groups is 1. The van der Waals surface area contributed by atoms with Crippen molar-refractivity contribution in [2.45, 2.75) is 19.3 Å². The van der Waals surface area contributed by atoms with Crippen LogP contribution < -0.4 is 4.74 Å². The first-order valence-corrected chi connectivity index (χ1v) is 7.96. The first-order chi connectivity index (χ1) is 10.8. The molecule has 0 aromatic heterocycles. The smallest absolute Gasteiger partial charge is 0.334 e. The molecular weight excluding hydrogens is 278 g/mol. The summed E-state index contributed by atoms with van der Waals surface area (Å²) in [7, 11) is 1.44. The minimum atomic E-state index is -0.195. The number of hydrogen-bond donors (Lipinski definition) is 0. The Balaban J connectivity index is 1.50. The molecule has 0 aliphatic carbocycles. The standard InChI is InChI=1S/C18H23NO3/c1-21-18(20)16-6-4-9-19(12-16)10-8-14-11-15-5-2-3-7-17(15)22-13-14/h2-3,5-7,14H,4,8-13H2,1H3. The fourth-order valence-corrected chi connectivity index (χ4v) is 3.22. The molecule has 0 amide bonds. The van der Waals surface area contributed by atoms with Gasteiger partial charge in [0.2, 0.25) is 0 Å². The van der Waals surface area contributed by atoms with Crippen LogP contribution in [0.5, 0.6) is 5.75 Å². The van der Waals surface area contributed by atoms with Gasteiger partial charge in [0.25, 0.3) is 0 Å². The number of ether oxygens (including phenoxy) is 2. The van der Waals surface area contributed by atoms with E-state index >= 15 is 0 Å². The summed E-state index contributed by atoms with van der Waals surface area (Å²) in [6, 6.07) is 8.29. The Hall–Kier alpha value is -1.81. The van der Waals surface area contributed by atoms with Crippen LogP contribution in [0.4, 0.5) is 0 Å². The van der Waals surface area contributed by atoms with Crippen molar-refractivity contribution in [1.29, 1.82) is 0 Å². The molecule has 0 fully saturated rings. The lowest BCUT2D eigenvalue weighted by Gasteiger charge is -2.30. The molecule has 1 aromatic carbocycles. The predicted octanol–water partition coefficient (Wildman–Crippen LogP) is 2.43. The highest BCUT2D eigenvalue weighted by molar-refractivity contribution is 5.88. The maximum absolute atomic E-state index is 11.6. The lowest BCUT2D eigenvalue weighted by atomic mass is 9.93. The SMILES string of the molecule is COC(=O)C1=CCCN(CCC2COc3ccccc3C2)C1. The molecule has 0 radical (unpaired) electrons. The third-order valence-corrected chi connectivity index (χ3v) is 4.49. The van der Waals surface area contributed by atoms with Crippen molar-refractivity contribution in [1.82, 2.24) is 4.90 Å². The molecule has 2 aliphatic rings. The van der Waals surface area contributed by atoms with Gasteiger partial charge in [-0.3, -0.25) is 4.90 Å². The molecule has 0 saturated carbocycles. The van der Waals surface area contributed by atoms with Crippen molar-refractivity contribution in [3.05, 3.63) is 41.5 Å². The maximum atomic E-state index is 11.6. The maximum Gasteiger partial charge on any atom is 0.334 e. The Morgan fingerprint density at radius 2 is 2.27 bits per heavy atom. The fraction of sp³-hybridized carbons (Fsp3) is 0.500. The van der Waals surface area contributed by atoms with Crippen LogP contribution in [-0.2, 0) is 16.0 Å². The van der Waals surface area contributed by atoms with Crippen molar-refractivity contribution in [2.24, 2.45) is 5.92 Å². The highest BCUT2D eigenvalue weighted by atomic mass is 16.5. The van der Waals surface area contributed by atoms with Gasteiger partial charge in [0.1, 0.15) is 5.75 Å². The summed E-state index contributed by atoms with van der Waals surface area (Å²) in [5.41, 5.74) is 2.10. The van der Waals surface area contributed by atoms with E-state index < -0.39 is 0 Å². The zero-order valence-electron chi connectivity index (χ0n) is 13.1. The molecule has 2 heterocycles. The van der Waals surface area contributed by atoms with Crippen LogP contribution in [0.25, 0.3) is 0 Å². The summed E-state index contributed by atoms with van der Waals surface area (Å²) < 4.78 is 10.7. The van der Waals surface area contributed by atoms with E-state index in [1.54, 1.807) is 0 Å². The molecule has 0 bridgehead atoms. The first kappa shape index (κ1) is 15.1. The quantitative estimate of drug-likeness (QED) is 0.801. The number of rotatable bonds is 4. The number of carbonyl (C=O) groups excluding carboxylic acids is 1. The Bertz CT molecular complexity index is 567. The van der Waals surface area contributed by atoms with Crippen molar-refractivity contribution in [3.8, 4) is 5.75 Å². The summed E-state index contributed by atoms with van der Waals surface area (Å²) in [4.78, 5) is 14.0. The molecule has 1 unspecified atom stereocenters. The van der Waals surface area contributed by atoms with E-state index in [1.165, 1.54) is 12.7 Å². The summed E-state index contributed by atoms with van der Waals surface area (Å²) in [6.45, 7) is 3.52. The third kappa shape index (κ3) is 3.50. The van der Waals surface area contributed by atoms with Crippen molar-refractivity contribution < 1.29 is 14.3 Å². The summed E-state index contributed by atoms with van der Waals surface area (Å²) >= 11 is 0. The van der Waals surface area contributed by atoms with E-state index in [2.05, 4.69) is 17.0 Å². The second-order valence-electron chi connectivity index (χ2n) is 6.06. The fourth-order valence-electron chi connectivity index (χ4n) is 3.22. The van der Waals surface area contributed by atoms with Gasteiger partial charge in [0, 0.05) is 18.7 Å². The zero-order valence-corrected chi connectivity index (χ0v) is 13.1. The molecule has 0 spiro atoms. The minimum absolute atomic E-state index is 0.195. The van der Waals surface area contributed by atoms with Crippen LogP contribution >= 0.6 is 0 Å².